The van der Waals surface area contributed by atoms with Gasteiger partial charge in [0.25, 0.3) is 5.91 Å². The monoisotopic (exact) mass is 478 g/mol. The molecule has 1 heterocycles. The van der Waals surface area contributed by atoms with Crippen molar-refractivity contribution in [1.29, 1.82) is 5.26 Å². The number of amides is 1. The minimum Gasteiger partial charge on any atom is -0.371 e. The van der Waals surface area contributed by atoms with Crippen LogP contribution >= 0.6 is 11.6 Å². The van der Waals surface area contributed by atoms with Crippen LogP contribution in [0.25, 0.3) is 0 Å². The fourth-order valence-electron chi connectivity index (χ4n) is 3.03. The number of hydrogen-bond donors (Lipinski definition) is 1. The Hall–Kier alpha value is -2.29. The number of likely N-dealkylation sites (N-methyl/N-ethyl adjacent to an activating group) is 1. The van der Waals surface area contributed by atoms with E-state index in [0.717, 1.165) is 6.07 Å². The highest BCUT2D eigenvalue weighted by Crippen LogP contribution is 2.36. The first-order valence-corrected chi connectivity index (χ1v) is 11.4. The van der Waals surface area contributed by atoms with Gasteiger partial charge < -0.3 is 15.1 Å². The molecule has 1 atom stereocenters. The number of alkyl halides is 3. The normalized spacial score (nSPS) is 18.6. The van der Waals surface area contributed by atoms with Gasteiger partial charge in [-0.15, -0.1) is 0 Å². The zero-order valence-corrected chi connectivity index (χ0v) is 18.5. The molecule has 1 fully saturated rings. The second-order valence-electron chi connectivity index (χ2n) is 7.40. The van der Waals surface area contributed by atoms with Crippen molar-refractivity contribution in [2.45, 2.75) is 18.6 Å². The average Bonchev–Trinajstić information content (AvgIpc) is 3.02. The molecule has 1 aliphatic rings. The standard InChI is InChI=1S/C19H22ClF3N4O3S/c1-26(2)6-7-27(15-5-8-31(29,30)12-15)11-13(10-24)18(28)25-14-3-4-17(20)16(9-14)19(21,22)23/h3-4,9,11,15H,5-8,12H2,1-2H3,(H,25,28)/b13-11-. The largest absolute Gasteiger partial charge is 0.417 e. The molecule has 0 spiro atoms. The zero-order chi connectivity index (χ0) is 23.4. The van der Waals surface area contributed by atoms with Gasteiger partial charge in [-0.3, -0.25) is 4.79 Å². The molecule has 31 heavy (non-hydrogen) atoms. The van der Waals surface area contributed by atoms with E-state index >= 15 is 0 Å². The van der Waals surface area contributed by atoms with Gasteiger partial charge in [0.1, 0.15) is 11.6 Å². The van der Waals surface area contributed by atoms with Gasteiger partial charge in [0.05, 0.1) is 22.1 Å². The van der Waals surface area contributed by atoms with E-state index in [2.05, 4.69) is 5.32 Å². The minimum atomic E-state index is -4.71. The summed E-state index contributed by atoms with van der Waals surface area (Å²) in [5.74, 6) is -0.986. The summed E-state index contributed by atoms with van der Waals surface area (Å²) >= 11 is 5.58. The Morgan fingerprint density at radius 2 is 2.03 bits per heavy atom. The first kappa shape index (κ1) is 25.0. The minimum absolute atomic E-state index is 0.0169. The molecule has 1 N–H and O–H groups in total. The van der Waals surface area contributed by atoms with Crippen LogP contribution < -0.4 is 5.32 Å². The molecule has 0 bridgehead atoms. The number of nitriles is 1. The molecule has 1 amide bonds. The number of halogens is 4. The second-order valence-corrected chi connectivity index (χ2v) is 10.0. The van der Waals surface area contributed by atoms with E-state index < -0.39 is 38.5 Å². The second kappa shape index (κ2) is 9.89. The summed E-state index contributed by atoms with van der Waals surface area (Å²) in [6, 6.07) is 4.22. The molecule has 2 rings (SSSR count). The van der Waals surface area contributed by atoms with Crippen LogP contribution in [0.2, 0.25) is 5.02 Å². The smallest absolute Gasteiger partial charge is 0.371 e. The third-order valence-electron chi connectivity index (χ3n) is 4.67. The lowest BCUT2D eigenvalue weighted by Crippen LogP contribution is -2.37. The number of carbonyl (C=O) groups is 1. The van der Waals surface area contributed by atoms with Gasteiger partial charge in [-0.25, -0.2) is 8.42 Å². The molecule has 1 saturated heterocycles. The van der Waals surface area contributed by atoms with Crippen molar-refractivity contribution in [1.82, 2.24) is 9.80 Å². The van der Waals surface area contributed by atoms with E-state index in [9.17, 15) is 31.6 Å². The van der Waals surface area contributed by atoms with Crippen LogP contribution in [0.1, 0.15) is 12.0 Å². The van der Waals surface area contributed by atoms with Crippen molar-refractivity contribution in [3.8, 4) is 6.07 Å². The first-order chi connectivity index (χ1) is 14.3. The van der Waals surface area contributed by atoms with Crippen molar-refractivity contribution in [3.05, 3.63) is 40.6 Å². The van der Waals surface area contributed by atoms with Crippen molar-refractivity contribution >= 4 is 33.0 Å². The maximum atomic E-state index is 13.0. The number of hydrogen-bond acceptors (Lipinski definition) is 6. The topological polar surface area (TPSA) is 93.5 Å². The van der Waals surface area contributed by atoms with Crippen LogP contribution in [-0.2, 0) is 20.8 Å². The third-order valence-corrected chi connectivity index (χ3v) is 6.75. The Balaban J connectivity index is 2.26. The Morgan fingerprint density at radius 1 is 1.35 bits per heavy atom. The average molecular weight is 479 g/mol. The summed E-state index contributed by atoms with van der Waals surface area (Å²) in [6.07, 6.45) is -3.08. The van der Waals surface area contributed by atoms with Gasteiger partial charge in [-0.1, -0.05) is 11.6 Å². The highest BCUT2D eigenvalue weighted by Gasteiger charge is 2.34. The van der Waals surface area contributed by atoms with Crippen LogP contribution in [-0.4, -0.2) is 68.9 Å². The summed E-state index contributed by atoms with van der Waals surface area (Å²) in [7, 11) is 0.447. The number of nitrogens with zero attached hydrogens (tertiary/aromatic N) is 3. The molecule has 1 aliphatic heterocycles. The first-order valence-electron chi connectivity index (χ1n) is 9.23. The predicted octanol–water partition coefficient (Wildman–Crippen LogP) is 2.76. The van der Waals surface area contributed by atoms with Crippen molar-refractivity contribution in [2.24, 2.45) is 0 Å². The van der Waals surface area contributed by atoms with E-state index in [4.69, 9.17) is 11.6 Å². The van der Waals surface area contributed by atoms with Crippen LogP contribution in [0.3, 0.4) is 0 Å². The molecule has 1 aromatic carbocycles. The van der Waals surface area contributed by atoms with Gasteiger partial charge in [-0.05, 0) is 38.7 Å². The summed E-state index contributed by atoms with van der Waals surface area (Å²) in [4.78, 5) is 16.0. The molecule has 0 radical (unpaired) electrons. The summed E-state index contributed by atoms with van der Waals surface area (Å²) in [5.41, 5.74) is -1.64. The van der Waals surface area contributed by atoms with Gasteiger partial charge in [0.2, 0.25) is 0 Å². The Bertz CT molecular complexity index is 1000. The molecule has 7 nitrogen and oxygen atoms in total. The maximum absolute atomic E-state index is 13.0. The summed E-state index contributed by atoms with van der Waals surface area (Å²) < 4.78 is 62.8. The highest BCUT2D eigenvalue weighted by atomic mass is 35.5. The van der Waals surface area contributed by atoms with Crippen LogP contribution in [0.5, 0.6) is 0 Å². The predicted molar refractivity (Wildman–Crippen MR) is 111 cm³/mol. The quantitative estimate of drug-likeness (QED) is 0.478. The van der Waals surface area contributed by atoms with Gasteiger partial charge in [0.15, 0.2) is 9.84 Å². The number of nitrogens with one attached hydrogen (secondary N) is 1. The van der Waals surface area contributed by atoms with Crippen molar-refractivity contribution in [3.63, 3.8) is 0 Å². The Morgan fingerprint density at radius 3 is 2.55 bits per heavy atom. The Labute approximate surface area is 184 Å². The van der Waals surface area contributed by atoms with Gasteiger partial charge >= 0.3 is 6.18 Å². The van der Waals surface area contributed by atoms with Gasteiger partial charge in [-0.2, -0.15) is 18.4 Å². The zero-order valence-electron chi connectivity index (χ0n) is 16.9. The SMILES string of the molecule is CN(C)CCN(/C=C(/C#N)C(=O)Nc1ccc(Cl)c(C(F)(F)F)c1)C1CCS(=O)(=O)C1. The van der Waals surface area contributed by atoms with Crippen LogP contribution in [0.15, 0.2) is 30.0 Å². The fourth-order valence-corrected chi connectivity index (χ4v) is 4.99. The molecule has 1 unspecified atom stereocenters. The molecular weight excluding hydrogens is 457 g/mol. The van der Waals surface area contributed by atoms with E-state index in [0.29, 0.717) is 25.6 Å². The lowest BCUT2D eigenvalue weighted by Gasteiger charge is -2.28. The molecule has 0 saturated carbocycles. The lowest BCUT2D eigenvalue weighted by atomic mass is 10.1. The number of rotatable bonds is 7. The van der Waals surface area contributed by atoms with E-state index in [1.165, 1.54) is 12.3 Å². The molecule has 0 aliphatic carbocycles. The molecular formula is C19H22ClF3N4O3S. The van der Waals surface area contributed by atoms with Crippen LogP contribution in [0, 0.1) is 11.3 Å². The van der Waals surface area contributed by atoms with Crippen molar-refractivity contribution in [2.75, 3.05) is 44.0 Å². The molecule has 1 aromatic rings. The van der Waals surface area contributed by atoms with Crippen LogP contribution in [0.4, 0.5) is 18.9 Å². The summed E-state index contributed by atoms with van der Waals surface area (Å²) in [6.45, 7) is 0.907. The number of carbonyl (C=O) groups excluding carboxylic acids is 1. The van der Waals surface area contributed by atoms with Gasteiger partial charge in [0, 0.05) is 31.0 Å². The number of anilines is 1. The Kier molecular flexibility index (Phi) is 7.97. The van der Waals surface area contributed by atoms with E-state index in [1.54, 1.807) is 11.0 Å². The summed E-state index contributed by atoms with van der Waals surface area (Å²) in [5, 5.41) is 11.2. The highest BCUT2D eigenvalue weighted by molar-refractivity contribution is 7.91. The van der Waals surface area contributed by atoms with E-state index in [1.807, 2.05) is 19.0 Å². The number of sulfone groups is 1. The maximum Gasteiger partial charge on any atom is 0.417 e. The molecule has 12 heteroatoms. The third kappa shape index (κ3) is 7.12. The van der Waals surface area contributed by atoms with Crippen molar-refractivity contribution < 1.29 is 26.4 Å². The fraction of sp³-hybridized carbons (Fsp3) is 0.474. The number of benzene rings is 1. The lowest BCUT2D eigenvalue weighted by molar-refractivity contribution is -0.137. The van der Waals surface area contributed by atoms with E-state index in [-0.39, 0.29) is 22.8 Å². The molecule has 0 aromatic heterocycles. The molecule has 170 valence electrons.